The van der Waals surface area contributed by atoms with Crippen LogP contribution in [0, 0.1) is 0 Å². The Morgan fingerprint density at radius 3 is 2.79 bits per heavy atom. The number of aromatic nitrogens is 2. The van der Waals surface area contributed by atoms with Gasteiger partial charge in [-0.1, -0.05) is 0 Å². The molecule has 1 atom stereocenters. The maximum absolute atomic E-state index is 12.1. The van der Waals surface area contributed by atoms with Gasteiger partial charge in [0.05, 0.1) is 7.11 Å². The van der Waals surface area contributed by atoms with Gasteiger partial charge in [-0.15, -0.1) is 0 Å². The second kappa shape index (κ2) is 4.56. The van der Waals surface area contributed by atoms with Crippen LogP contribution in [0.3, 0.4) is 0 Å². The minimum absolute atomic E-state index is 0.103. The molecule has 2 aromatic heterocycles. The average molecular weight is 266 g/mol. The van der Waals surface area contributed by atoms with Gasteiger partial charge in [0, 0.05) is 12.3 Å². The summed E-state index contributed by atoms with van der Waals surface area (Å²) < 4.78 is 10.4. The molecule has 8 nitrogen and oxygen atoms in total. The van der Waals surface area contributed by atoms with Crippen LogP contribution in [-0.2, 0) is 4.79 Å². The molecule has 2 heterocycles. The molecule has 8 heteroatoms. The van der Waals surface area contributed by atoms with E-state index < -0.39 is 23.3 Å². The van der Waals surface area contributed by atoms with Crippen molar-refractivity contribution < 1.29 is 19.1 Å². The fraction of sp³-hybridized carbons (Fsp3) is 0.273. The van der Waals surface area contributed by atoms with Crippen molar-refractivity contribution in [2.45, 2.75) is 13.0 Å². The number of pyridine rings is 1. The molecule has 0 unspecified atom stereocenters. The molecule has 0 aromatic carbocycles. The number of carboxylic acids is 1. The van der Waals surface area contributed by atoms with Crippen LogP contribution in [0.15, 0.2) is 26.3 Å². The van der Waals surface area contributed by atoms with E-state index in [0.717, 1.165) is 0 Å². The topological polar surface area (TPSA) is 112 Å². The number of methoxy groups -OCH3 is 1. The number of nitrogens with zero attached hydrogens (tertiary/aromatic N) is 2. The quantitative estimate of drug-likeness (QED) is 0.832. The van der Waals surface area contributed by atoms with Crippen molar-refractivity contribution in [1.29, 1.82) is 0 Å². The third-order valence-corrected chi connectivity index (χ3v) is 2.64. The zero-order valence-corrected chi connectivity index (χ0v) is 10.1. The molecule has 1 N–H and O–H groups in total. The van der Waals surface area contributed by atoms with Crippen LogP contribution < -0.4 is 16.1 Å². The van der Waals surface area contributed by atoms with Crippen molar-refractivity contribution in [2.24, 2.45) is 0 Å². The first-order valence-corrected chi connectivity index (χ1v) is 5.28. The Balaban J connectivity index is 2.88. The Bertz CT molecular complexity index is 760. The van der Waals surface area contributed by atoms with Crippen molar-refractivity contribution in [1.82, 2.24) is 9.55 Å². The van der Waals surface area contributed by atoms with Gasteiger partial charge in [0.1, 0.15) is 6.04 Å². The van der Waals surface area contributed by atoms with E-state index in [-0.39, 0.29) is 16.8 Å². The van der Waals surface area contributed by atoms with Crippen LogP contribution in [0.1, 0.15) is 13.0 Å². The Labute approximate surface area is 105 Å². The second-order valence-electron chi connectivity index (χ2n) is 3.75. The highest BCUT2D eigenvalue weighted by molar-refractivity contribution is 5.78. The minimum Gasteiger partial charge on any atom is -0.493 e. The highest BCUT2D eigenvalue weighted by atomic mass is 16.5. The van der Waals surface area contributed by atoms with Crippen molar-refractivity contribution in [2.75, 3.05) is 7.11 Å². The smallest absolute Gasteiger partial charge is 0.423 e. The summed E-state index contributed by atoms with van der Waals surface area (Å²) in [5, 5.41) is 8.87. The highest BCUT2D eigenvalue weighted by Crippen LogP contribution is 2.19. The highest BCUT2D eigenvalue weighted by Gasteiger charge is 2.22. The van der Waals surface area contributed by atoms with Gasteiger partial charge in [-0.2, -0.15) is 0 Å². The Morgan fingerprint density at radius 2 is 2.21 bits per heavy atom. The number of ether oxygens (including phenoxy) is 1. The van der Waals surface area contributed by atoms with E-state index in [1.807, 2.05) is 0 Å². The molecule has 2 rings (SSSR count). The number of hydrogen-bond donors (Lipinski definition) is 1. The summed E-state index contributed by atoms with van der Waals surface area (Å²) in [6.07, 6.45) is 1.30. The van der Waals surface area contributed by atoms with Crippen LogP contribution in [0.4, 0.5) is 0 Å². The maximum atomic E-state index is 12.1. The minimum atomic E-state index is -1.35. The molecule has 19 heavy (non-hydrogen) atoms. The van der Waals surface area contributed by atoms with E-state index >= 15 is 0 Å². The van der Waals surface area contributed by atoms with Gasteiger partial charge >= 0.3 is 11.7 Å². The second-order valence-corrected chi connectivity index (χ2v) is 3.75. The first-order valence-electron chi connectivity index (χ1n) is 5.28. The number of hydrogen-bond acceptors (Lipinski definition) is 6. The lowest BCUT2D eigenvalue weighted by Gasteiger charge is -2.09. The molecule has 0 bridgehead atoms. The molecule has 0 saturated carbocycles. The van der Waals surface area contributed by atoms with Crippen LogP contribution >= 0.6 is 0 Å². The summed E-state index contributed by atoms with van der Waals surface area (Å²) in [5.74, 6) is -2.22. The van der Waals surface area contributed by atoms with Gasteiger partial charge in [0.2, 0.25) is 5.58 Å². The van der Waals surface area contributed by atoms with Crippen molar-refractivity contribution in [3.63, 3.8) is 0 Å². The summed E-state index contributed by atoms with van der Waals surface area (Å²) in [6, 6.07) is 0.0801. The monoisotopic (exact) mass is 266 g/mol. The van der Waals surface area contributed by atoms with E-state index in [0.29, 0.717) is 4.57 Å². The van der Waals surface area contributed by atoms with Crippen LogP contribution in [-0.4, -0.2) is 27.7 Å². The molecule has 0 saturated heterocycles. The van der Waals surface area contributed by atoms with E-state index in [4.69, 9.17) is 14.3 Å². The fourth-order valence-corrected chi connectivity index (χ4v) is 1.62. The summed E-state index contributed by atoms with van der Waals surface area (Å²) in [7, 11) is 1.35. The van der Waals surface area contributed by atoms with E-state index in [2.05, 4.69) is 4.98 Å². The predicted molar refractivity (Wildman–Crippen MR) is 63.4 cm³/mol. The molecule has 0 fully saturated rings. The predicted octanol–water partition coefficient (Wildman–Crippen LogP) is 0.00390. The summed E-state index contributed by atoms with van der Waals surface area (Å²) >= 11 is 0. The lowest BCUT2D eigenvalue weighted by Crippen LogP contribution is -2.38. The molecular formula is C11H10N2O6. The molecular weight excluding hydrogens is 256 g/mol. The Morgan fingerprint density at radius 1 is 1.53 bits per heavy atom. The zero-order chi connectivity index (χ0) is 14.2. The first kappa shape index (κ1) is 12.8. The molecule has 2 aromatic rings. The summed E-state index contributed by atoms with van der Waals surface area (Å²) in [6.45, 7) is 1.20. The zero-order valence-electron chi connectivity index (χ0n) is 10.1. The molecule has 0 spiro atoms. The van der Waals surface area contributed by atoms with Crippen LogP contribution in [0.2, 0.25) is 0 Å². The third-order valence-electron chi connectivity index (χ3n) is 2.64. The van der Waals surface area contributed by atoms with Gasteiger partial charge < -0.3 is 14.3 Å². The average Bonchev–Trinajstić information content (AvgIpc) is 2.37. The van der Waals surface area contributed by atoms with Crippen molar-refractivity contribution in [3.8, 4) is 5.75 Å². The molecule has 100 valence electrons. The van der Waals surface area contributed by atoms with Gasteiger partial charge in [0.25, 0.3) is 5.56 Å². The maximum Gasteiger partial charge on any atom is 0.423 e. The number of carboxylic acid groups (broad SMARTS) is 1. The third kappa shape index (κ3) is 1.96. The summed E-state index contributed by atoms with van der Waals surface area (Å²) in [5.41, 5.74) is -1.10. The lowest BCUT2D eigenvalue weighted by atomic mass is 10.3. The van der Waals surface area contributed by atoms with Gasteiger partial charge in [-0.3, -0.25) is 4.79 Å². The largest absolute Gasteiger partial charge is 0.493 e. The van der Waals surface area contributed by atoms with Gasteiger partial charge in [-0.05, 0) is 6.92 Å². The van der Waals surface area contributed by atoms with E-state index in [1.165, 1.54) is 26.3 Å². The standard InChI is InChI=1S/C11H10N2O6/c1-5(10(15)16)13-9(14)7-8(19-11(13)17)6(18-2)3-4-12-7/h3-5H,1-2H3,(H,15,16)/t5-/m0/s1. The lowest BCUT2D eigenvalue weighted by molar-refractivity contribution is -0.140. The molecule has 0 radical (unpaired) electrons. The van der Waals surface area contributed by atoms with Gasteiger partial charge in [-0.25, -0.2) is 19.1 Å². The molecule has 0 amide bonds. The SMILES string of the molecule is COc1ccnc2c(=O)n([C@@H](C)C(=O)O)c(=O)oc12. The Hall–Kier alpha value is -2.64. The number of carbonyl (C=O) groups is 1. The number of aliphatic carboxylic acids is 1. The Kier molecular flexibility index (Phi) is 3.07. The van der Waals surface area contributed by atoms with Crippen LogP contribution in [0.25, 0.3) is 11.1 Å². The summed E-state index contributed by atoms with van der Waals surface area (Å²) in [4.78, 5) is 38.5. The van der Waals surface area contributed by atoms with Crippen LogP contribution in [0.5, 0.6) is 5.75 Å². The van der Waals surface area contributed by atoms with E-state index in [9.17, 15) is 14.4 Å². The van der Waals surface area contributed by atoms with Crippen molar-refractivity contribution >= 4 is 17.1 Å². The van der Waals surface area contributed by atoms with Gasteiger partial charge in [0.15, 0.2) is 11.3 Å². The van der Waals surface area contributed by atoms with E-state index in [1.54, 1.807) is 0 Å². The number of fused-ring (bicyclic) bond motifs is 1. The molecule has 0 aliphatic carbocycles. The normalized spacial score (nSPS) is 12.3. The van der Waals surface area contributed by atoms with Crippen molar-refractivity contribution in [3.05, 3.63) is 33.2 Å². The first-order chi connectivity index (χ1) is 8.97. The molecule has 0 aliphatic heterocycles. The fourth-order valence-electron chi connectivity index (χ4n) is 1.62. The molecule has 0 aliphatic rings. The number of rotatable bonds is 3.